The number of carbonyl (C=O) groups is 2. The fraction of sp³-hybridized carbons (Fsp3) is 0.500. The minimum absolute atomic E-state index is 0.116. The van der Waals surface area contributed by atoms with Gasteiger partial charge in [-0.25, -0.2) is 13.1 Å². The third-order valence-electron chi connectivity index (χ3n) is 2.08. The Morgan fingerprint density at radius 2 is 2.00 bits per heavy atom. The van der Waals surface area contributed by atoms with Crippen LogP contribution in [-0.4, -0.2) is 44.5 Å². The number of hydrogen-bond acceptors (Lipinski definition) is 4. The number of sulfonamides is 1. The molecule has 0 aliphatic carbocycles. The number of rotatable bonds is 4. The standard InChI is InChI=1S/C8H12N2O4S/c1-6-5-7(11)10(8(6)12)3-4-15(13,14)9-2/h5,9H,3-4H2,1-2H3. The first kappa shape index (κ1) is 11.9. The van der Waals surface area contributed by atoms with E-state index in [-0.39, 0.29) is 12.3 Å². The summed E-state index contributed by atoms with van der Waals surface area (Å²) in [7, 11) is -2.11. The summed E-state index contributed by atoms with van der Waals surface area (Å²) in [5.74, 6) is -1.16. The zero-order valence-electron chi connectivity index (χ0n) is 8.48. The predicted octanol–water partition coefficient (Wildman–Crippen LogP) is -1.15. The van der Waals surface area contributed by atoms with Gasteiger partial charge in [-0.2, -0.15) is 0 Å². The van der Waals surface area contributed by atoms with Gasteiger partial charge in [-0.05, 0) is 14.0 Å². The molecule has 0 saturated carbocycles. The van der Waals surface area contributed by atoms with Crippen molar-refractivity contribution in [2.45, 2.75) is 6.92 Å². The Bertz CT molecular complexity index is 424. The maximum Gasteiger partial charge on any atom is 0.256 e. The molecule has 0 fully saturated rings. The van der Waals surface area contributed by atoms with E-state index in [4.69, 9.17) is 0 Å². The third-order valence-corrected chi connectivity index (χ3v) is 3.43. The van der Waals surface area contributed by atoms with Crippen molar-refractivity contribution in [1.82, 2.24) is 9.62 Å². The Balaban J connectivity index is 2.63. The van der Waals surface area contributed by atoms with Gasteiger partial charge in [-0.1, -0.05) is 0 Å². The maximum absolute atomic E-state index is 11.3. The van der Waals surface area contributed by atoms with E-state index < -0.39 is 21.8 Å². The molecule has 1 aliphatic heterocycles. The lowest BCUT2D eigenvalue weighted by atomic mass is 10.3. The Morgan fingerprint density at radius 1 is 1.40 bits per heavy atom. The molecule has 7 heteroatoms. The minimum atomic E-state index is -3.39. The van der Waals surface area contributed by atoms with Crippen LogP contribution in [0, 0.1) is 0 Å². The topological polar surface area (TPSA) is 83.6 Å². The second kappa shape index (κ2) is 4.11. The summed E-state index contributed by atoms with van der Waals surface area (Å²) in [6.45, 7) is 1.40. The highest BCUT2D eigenvalue weighted by Gasteiger charge is 2.28. The highest BCUT2D eigenvalue weighted by atomic mass is 32.2. The summed E-state index contributed by atoms with van der Waals surface area (Å²) < 4.78 is 24.3. The van der Waals surface area contributed by atoms with Crippen LogP contribution in [0.1, 0.15) is 6.92 Å². The fourth-order valence-electron chi connectivity index (χ4n) is 1.16. The molecule has 0 unspecified atom stereocenters. The molecule has 1 N–H and O–H groups in total. The van der Waals surface area contributed by atoms with E-state index in [2.05, 4.69) is 4.72 Å². The smallest absolute Gasteiger partial charge is 0.256 e. The maximum atomic E-state index is 11.3. The van der Waals surface area contributed by atoms with Crippen LogP contribution in [0.4, 0.5) is 0 Å². The number of nitrogens with zero attached hydrogens (tertiary/aromatic N) is 1. The summed E-state index contributed by atoms with van der Waals surface area (Å²) in [6, 6.07) is 0. The van der Waals surface area contributed by atoms with Crippen molar-refractivity contribution >= 4 is 21.8 Å². The van der Waals surface area contributed by atoms with Gasteiger partial charge in [-0.15, -0.1) is 0 Å². The number of amides is 2. The first-order chi connectivity index (χ1) is 6.87. The van der Waals surface area contributed by atoms with E-state index in [1.165, 1.54) is 20.0 Å². The van der Waals surface area contributed by atoms with Crippen LogP contribution in [0.3, 0.4) is 0 Å². The van der Waals surface area contributed by atoms with Crippen molar-refractivity contribution in [3.8, 4) is 0 Å². The van der Waals surface area contributed by atoms with Crippen molar-refractivity contribution in [3.05, 3.63) is 11.6 Å². The van der Waals surface area contributed by atoms with E-state index in [0.29, 0.717) is 5.57 Å². The number of hydrogen-bond donors (Lipinski definition) is 1. The SMILES string of the molecule is CNS(=O)(=O)CCN1C(=O)C=C(C)C1=O. The molecule has 0 aromatic heterocycles. The van der Waals surface area contributed by atoms with Crippen LogP contribution in [0.2, 0.25) is 0 Å². The molecule has 2 amide bonds. The van der Waals surface area contributed by atoms with Gasteiger partial charge in [0.15, 0.2) is 0 Å². The minimum Gasteiger partial charge on any atom is -0.274 e. The Kier molecular flexibility index (Phi) is 3.25. The lowest BCUT2D eigenvalue weighted by Crippen LogP contribution is -2.37. The van der Waals surface area contributed by atoms with Crippen molar-refractivity contribution in [3.63, 3.8) is 0 Å². The summed E-state index contributed by atoms with van der Waals surface area (Å²) in [6.07, 6.45) is 1.20. The third kappa shape index (κ3) is 2.63. The summed E-state index contributed by atoms with van der Waals surface area (Å²) >= 11 is 0. The van der Waals surface area contributed by atoms with Crippen LogP contribution in [-0.2, 0) is 19.6 Å². The van der Waals surface area contributed by atoms with E-state index in [9.17, 15) is 18.0 Å². The molecule has 6 nitrogen and oxygen atoms in total. The Labute approximate surface area is 88.0 Å². The van der Waals surface area contributed by atoms with E-state index in [0.717, 1.165) is 4.90 Å². The van der Waals surface area contributed by atoms with Crippen LogP contribution < -0.4 is 4.72 Å². The van der Waals surface area contributed by atoms with Crippen molar-refractivity contribution < 1.29 is 18.0 Å². The van der Waals surface area contributed by atoms with E-state index >= 15 is 0 Å². The van der Waals surface area contributed by atoms with Crippen molar-refractivity contribution in [1.29, 1.82) is 0 Å². The van der Waals surface area contributed by atoms with Gasteiger partial charge in [0, 0.05) is 18.2 Å². The van der Waals surface area contributed by atoms with Gasteiger partial charge in [0.2, 0.25) is 10.0 Å². The molecule has 84 valence electrons. The quantitative estimate of drug-likeness (QED) is 0.620. The van der Waals surface area contributed by atoms with Crippen molar-refractivity contribution in [2.24, 2.45) is 0 Å². The number of imide groups is 1. The molecule has 0 bridgehead atoms. The average Bonchev–Trinajstić information content (AvgIpc) is 2.39. The highest BCUT2D eigenvalue weighted by Crippen LogP contribution is 2.11. The second-order valence-corrected chi connectivity index (χ2v) is 5.19. The highest BCUT2D eigenvalue weighted by molar-refractivity contribution is 7.89. The molecule has 1 aliphatic rings. The van der Waals surface area contributed by atoms with Crippen LogP contribution in [0.5, 0.6) is 0 Å². The molecule has 1 rings (SSSR count). The summed E-state index contributed by atoms with van der Waals surface area (Å²) in [5, 5.41) is 0. The Morgan fingerprint density at radius 3 is 2.40 bits per heavy atom. The van der Waals surface area contributed by atoms with Crippen LogP contribution >= 0.6 is 0 Å². The van der Waals surface area contributed by atoms with Crippen LogP contribution in [0.25, 0.3) is 0 Å². The van der Waals surface area contributed by atoms with Gasteiger partial charge < -0.3 is 0 Å². The molecule has 15 heavy (non-hydrogen) atoms. The largest absolute Gasteiger partial charge is 0.274 e. The van der Waals surface area contributed by atoms with E-state index in [1.54, 1.807) is 0 Å². The number of nitrogens with one attached hydrogen (secondary N) is 1. The molecule has 0 saturated heterocycles. The predicted molar refractivity (Wildman–Crippen MR) is 53.3 cm³/mol. The Hall–Kier alpha value is -1.21. The van der Waals surface area contributed by atoms with Crippen molar-refractivity contribution in [2.75, 3.05) is 19.3 Å². The summed E-state index contributed by atoms with van der Waals surface area (Å²) in [5.41, 5.74) is 0.335. The molecule has 0 radical (unpaired) electrons. The number of carbonyl (C=O) groups excluding carboxylic acids is 2. The monoisotopic (exact) mass is 232 g/mol. The normalized spacial score (nSPS) is 17.2. The molecular weight excluding hydrogens is 220 g/mol. The molecule has 0 aromatic rings. The average molecular weight is 232 g/mol. The van der Waals surface area contributed by atoms with Crippen LogP contribution in [0.15, 0.2) is 11.6 Å². The molecule has 0 spiro atoms. The van der Waals surface area contributed by atoms with Gasteiger partial charge in [-0.3, -0.25) is 14.5 Å². The first-order valence-electron chi connectivity index (χ1n) is 4.33. The molecule has 1 heterocycles. The van der Waals surface area contributed by atoms with E-state index in [1.807, 2.05) is 0 Å². The van der Waals surface area contributed by atoms with Gasteiger partial charge in [0.25, 0.3) is 11.8 Å². The van der Waals surface area contributed by atoms with Gasteiger partial charge in [0.1, 0.15) is 0 Å². The first-order valence-corrected chi connectivity index (χ1v) is 5.98. The second-order valence-electron chi connectivity index (χ2n) is 3.15. The molecule has 0 atom stereocenters. The van der Waals surface area contributed by atoms with Gasteiger partial charge >= 0.3 is 0 Å². The molecular formula is C8H12N2O4S. The fourth-order valence-corrected chi connectivity index (χ4v) is 1.79. The van der Waals surface area contributed by atoms with Gasteiger partial charge in [0.05, 0.1) is 5.75 Å². The lowest BCUT2D eigenvalue weighted by molar-refractivity contribution is -0.136. The lowest BCUT2D eigenvalue weighted by Gasteiger charge is -2.13. The zero-order chi connectivity index (χ0) is 11.6. The summed E-state index contributed by atoms with van der Waals surface area (Å²) in [4.78, 5) is 23.5. The molecule has 0 aromatic carbocycles. The zero-order valence-corrected chi connectivity index (χ0v) is 9.30.